The Morgan fingerprint density at radius 3 is 2.60 bits per heavy atom. The molecule has 2 aromatic carbocycles. The Hall–Kier alpha value is -3.39. The van der Waals surface area contributed by atoms with Crippen molar-refractivity contribution in [2.24, 2.45) is 0 Å². The van der Waals surface area contributed by atoms with Crippen LogP contribution in [0.15, 0.2) is 60.3 Å². The van der Waals surface area contributed by atoms with E-state index in [0.29, 0.717) is 6.54 Å². The molecule has 1 aromatic heterocycles. The Balaban J connectivity index is 1.63. The Morgan fingerprint density at radius 2 is 1.87 bits per heavy atom. The fourth-order valence-electron chi connectivity index (χ4n) is 4.12. The number of fused-ring (bicyclic) bond motifs is 1. The molecule has 0 unspecified atom stereocenters. The van der Waals surface area contributed by atoms with Crippen molar-refractivity contribution in [2.45, 2.75) is 44.7 Å². The van der Waals surface area contributed by atoms with E-state index in [0.717, 1.165) is 47.7 Å². The van der Waals surface area contributed by atoms with Gasteiger partial charge >= 0.3 is 0 Å². The molecule has 1 aliphatic carbocycles. The average molecular weight is 401 g/mol. The molecule has 0 aliphatic heterocycles. The van der Waals surface area contributed by atoms with Gasteiger partial charge in [0.1, 0.15) is 17.5 Å². The van der Waals surface area contributed by atoms with Crippen LogP contribution in [0.3, 0.4) is 0 Å². The number of benzene rings is 2. The molecular formula is C25H24FN3O. The van der Waals surface area contributed by atoms with Crippen LogP contribution in [-0.4, -0.2) is 16.5 Å². The summed E-state index contributed by atoms with van der Waals surface area (Å²) < 4.78 is 15.3. The lowest BCUT2D eigenvalue weighted by Crippen LogP contribution is -2.36. The standard InChI is InChI=1S/C25H24FN3O/c26-21-12-10-18(11-13-21)16-29-17-20(23-8-4-5-9-24(23)29)14-19(15-27)25(30)28-22-6-2-1-3-7-22/h4-5,8-14,17,22H,1-3,6-7,16H2,(H,28,30)/b19-14-. The second kappa shape index (κ2) is 8.96. The molecule has 4 nitrogen and oxygen atoms in total. The molecule has 0 radical (unpaired) electrons. The maximum atomic E-state index is 13.2. The quantitative estimate of drug-likeness (QED) is 0.473. The van der Waals surface area contributed by atoms with E-state index in [1.807, 2.05) is 30.5 Å². The highest BCUT2D eigenvalue weighted by Gasteiger charge is 2.18. The highest BCUT2D eigenvalue weighted by Crippen LogP contribution is 2.25. The largest absolute Gasteiger partial charge is 0.349 e. The van der Waals surface area contributed by atoms with Crippen LogP contribution in [0.5, 0.6) is 0 Å². The monoisotopic (exact) mass is 401 g/mol. The Bertz CT molecular complexity index is 1120. The average Bonchev–Trinajstić information content (AvgIpc) is 3.11. The fraction of sp³-hybridized carbons (Fsp3) is 0.280. The van der Waals surface area contributed by atoms with Gasteiger partial charge in [-0.15, -0.1) is 0 Å². The van der Waals surface area contributed by atoms with Crippen molar-refractivity contribution in [2.75, 3.05) is 0 Å². The van der Waals surface area contributed by atoms with Crippen LogP contribution in [0.1, 0.15) is 43.2 Å². The Kier molecular flexibility index (Phi) is 5.94. The number of para-hydroxylation sites is 1. The zero-order chi connectivity index (χ0) is 20.9. The molecule has 4 rings (SSSR count). The minimum atomic E-state index is -0.306. The summed E-state index contributed by atoms with van der Waals surface area (Å²) in [5.74, 6) is -0.567. The maximum Gasteiger partial charge on any atom is 0.262 e. The zero-order valence-electron chi connectivity index (χ0n) is 16.8. The minimum absolute atomic E-state index is 0.116. The molecule has 0 saturated heterocycles. The smallest absolute Gasteiger partial charge is 0.262 e. The fourth-order valence-corrected chi connectivity index (χ4v) is 4.12. The Morgan fingerprint density at radius 1 is 1.13 bits per heavy atom. The summed E-state index contributed by atoms with van der Waals surface area (Å²) in [6.45, 7) is 0.574. The topological polar surface area (TPSA) is 57.8 Å². The van der Waals surface area contributed by atoms with Gasteiger partial charge in [-0.05, 0) is 42.7 Å². The second-order valence-electron chi connectivity index (χ2n) is 7.83. The molecule has 1 saturated carbocycles. The third-order valence-corrected chi connectivity index (χ3v) is 5.69. The SMILES string of the molecule is N#C/C(=C/c1cn(Cc2ccc(F)cc2)c2ccccc12)C(=O)NC1CCCCC1. The van der Waals surface area contributed by atoms with E-state index in [9.17, 15) is 14.4 Å². The number of rotatable bonds is 5. The number of hydrogen-bond acceptors (Lipinski definition) is 2. The summed E-state index contributed by atoms with van der Waals surface area (Å²) in [6.07, 6.45) is 9.01. The number of halogens is 1. The van der Waals surface area contributed by atoms with E-state index >= 15 is 0 Å². The van der Waals surface area contributed by atoms with Gasteiger partial charge in [-0.2, -0.15) is 5.26 Å². The van der Waals surface area contributed by atoms with Crippen LogP contribution in [0.4, 0.5) is 4.39 Å². The first-order valence-electron chi connectivity index (χ1n) is 10.4. The van der Waals surface area contributed by atoms with Crippen molar-refractivity contribution < 1.29 is 9.18 Å². The lowest BCUT2D eigenvalue weighted by atomic mass is 9.95. The second-order valence-corrected chi connectivity index (χ2v) is 7.83. The summed E-state index contributed by atoms with van der Waals surface area (Å²) >= 11 is 0. The number of amides is 1. The summed E-state index contributed by atoms with van der Waals surface area (Å²) in [5.41, 5.74) is 2.91. The number of hydrogen-bond donors (Lipinski definition) is 1. The van der Waals surface area contributed by atoms with Gasteiger partial charge in [0, 0.05) is 35.2 Å². The zero-order valence-corrected chi connectivity index (χ0v) is 16.8. The predicted molar refractivity (Wildman–Crippen MR) is 116 cm³/mol. The number of carbonyl (C=O) groups is 1. The molecular weight excluding hydrogens is 377 g/mol. The number of nitrogens with zero attached hydrogens (tertiary/aromatic N) is 2. The molecule has 1 amide bonds. The lowest BCUT2D eigenvalue weighted by molar-refractivity contribution is -0.117. The molecule has 30 heavy (non-hydrogen) atoms. The van der Waals surface area contributed by atoms with Gasteiger partial charge in [-0.3, -0.25) is 4.79 Å². The van der Waals surface area contributed by atoms with Crippen molar-refractivity contribution in [3.8, 4) is 6.07 Å². The lowest BCUT2D eigenvalue weighted by Gasteiger charge is -2.22. The molecule has 1 N–H and O–H groups in total. The van der Waals surface area contributed by atoms with E-state index in [1.54, 1.807) is 18.2 Å². The van der Waals surface area contributed by atoms with Crippen LogP contribution >= 0.6 is 0 Å². The minimum Gasteiger partial charge on any atom is -0.349 e. The van der Waals surface area contributed by atoms with E-state index in [4.69, 9.17) is 0 Å². The molecule has 5 heteroatoms. The number of nitrogens with one attached hydrogen (secondary N) is 1. The van der Waals surface area contributed by atoms with Gasteiger partial charge in [0.25, 0.3) is 5.91 Å². The molecule has 0 atom stereocenters. The first-order valence-corrected chi connectivity index (χ1v) is 10.4. The maximum absolute atomic E-state index is 13.2. The third kappa shape index (κ3) is 4.44. The van der Waals surface area contributed by atoms with Gasteiger partial charge < -0.3 is 9.88 Å². The summed E-state index contributed by atoms with van der Waals surface area (Å²) in [4.78, 5) is 12.7. The van der Waals surface area contributed by atoms with Gasteiger partial charge in [-0.1, -0.05) is 49.6 Å². The van der Waals surface area contributed by atoms with Gasteiger partial charge in [-0.25, -0.2) is 4.39 Å². The first kappa shape index (κ1) is 19.9. The predicted octanol–water partition coefficient (Wildman–Crippen LogP) is 5.18. The third-order valence-electron chi connectivity index (χ3n) is 5.69. The molecule has 0 bridgehead atoms. The van der Waals surface area contributed by atoms with E-state index in [2.05, 4.69) is 16.0 Å². The molecule has 0 spiro atoms. The van der Waals surface area contributed by atoms with Crippen LogP contribution in [0.2, 0.25) is 0 Å². The van der Waals surface area contributed by atoms with Crippen molar-refractivity contribution >= 4 is 22.9 Å². The Labute approximate surface area is 175 Å². The molecule has 3 aromatic rings. The normalized spacial score (nSPS) is 15.1. The highest BCUT2D eigenvalue weighted by atomic mass is 19.1. The molecule has 1 aliphatic rings. The van der Waals surface area contributed by atoms with Crippen molar-refractivity contribution in [3.05, 3.63) is 77.2 Å². The van der Waals surface area contributed by atoms with E-state index in [-0.39, 0.29) is 23.3 Å². The summed E-state index contributed by atoms with van der Waals surface area (Å²) in [6, 6.07) is 16.5. The van der Waals surface area contributed by atoms with E-state index in [1.165, 1.54) is 18.6 Å². The van der Waals surface area contributed by atoms with Crippen LogP contribution < -0.4 is 5.32 Å². The molecule has 1 fully saturated rings. The van der Waals surface area contributed by atoms with Gasteiger partial charge in [0.15, 0.2) is 0 Å². The van der Waals surface area contributed by atoms with Crippen LogP contribution in [-0.2, 0) is 11.3 Å². The summed E-state index contributed by atoms with van der Waals surface area (Å²) in [5, 5.41) is 13.6. The van der Waals surface area contributed by atoms with Crippen molar-refractivity contribution in [3.63, 3.8) is 0 Å². The number of nitriles is 1. The molecule has 152 valence electrons. The number of carbonyl (C=O) groups excluding carboxylic acids is 1. The van der Waals surface area contributed by atoms with Crippen LogP contribution in [0.25, 0.3) is 17.0 Å². The number of aromatic nitrogens is 1. The van der Waals surface area contributed by atoms with Gasteiger partial charge in [0.2, 0.25) is 0 Å². The van der Waals surface area contributed by atoms with Gasteiger partial charge in [0.05, 0.1) is 0 Å². The van der Waals surface area contributed by atoms with Crippen LogP contribution in [0, 0.1) is 17.1 Å². The molecule has 1 heterocycles. The first-order chi connectivity index (χ1) is 14.6. The van der Waals surface area contributed by atoms with Crippen molar-refractivity contribution in [1.82, 2.24) is 9.88 Å². The highest BCUT2D eigenvalue weighted by molar-refractivity contribution is 6.04. The summed E-state index contributed by atoms with van der Waals surface area (Å²) in [7, 11) is 0. The van der Waals surface area contributed by atoms with Crippen molar-refractivity contribution in [1.29, 1.82) is 5.26 Å². The van der Waals surface area contributed by atoms with E-state index < -0.39 is 0 Å².